The molecule has 1 heterocycles. The average Bonchev–Trinajstić information content (AvgIpc) is 2.85. The summed E-state index contributed by atoms with van der Waals surface area (Å²) in [4.78, 5) is 12.8. The molecule has 0 fully saturated rings. The number of benzene rings is 1. The third-order valence-electron chi connectivity index (χ3n) is 2.39. The lowest BCUT2D eigenvalue weighted by Gasteiger charge is -2.05. The molecule has 0 spiro atoms. The van der Waals surface area contributed by atoms with E-state index >= 15 is 0 Å². The van der Waals surface area contributed by atoms with Crippen LogP contribution in [0, 0.1) is 5.82 Å². The molecular formula is C13H12FNO2S. The van der Waals surface area contributed by atoms with Crippen LogP contribution in [0.2, 0.25) is 0 Å². The number of anilines is 1. The van der Waals surface area contributed by atoms with Gasteiger partial charge >= 0.3 is 5.97 Å². The fourth-order valence-corrected chi connectivity index (χ4v) is 2.14. The smallest absolute Gasteiger partial charge is 0.338 e. The lowest BCUT2D eigenvalue weighted by Crippen LogP contribution is -2.08. The standard InChI is InChI=1S/C13H12FNO2S/c14-11-4-3-9(8-12(11)15)13(16)17-6-5-10-2-1-7-18-10/h1-4,7-8H,5-6,15H2. The molecule has 0 aliphatic heterocycles. The molecule has 94 valence electrons. The molecular weight excluding hydrogens is 253 g/mol. The number of halogens is 1. The van der Waals surface area contributed by atoms with Crippen molar-refractivity contribution in [2.24, 2.45) is 0 Å². The normalized spacial score (nSPS) is 10.3. The minimum Gasteiger partial charge on any atom is -0.462 e. The Hall–Kier alpha value is -1.88. The maximum absolute atomic E-state index is 12.9. The highest BCUT2D eigenvalue weighted by molar-refractivity contribution is 7.09. The number of rotatable bonds is 4. The summed E-state index contributed by atoms with van der Waals surface area (Å²) in [7, 11) is 0. The van der Waals surface area contributed by atoms with Crippen LogP contribution in [0.4, 0.5) is 10.1 Å². The molecule has 18 heavy (non-hydrogen) atoms. The molecule has 0 atom stereocenters. The van der Waals surface area contributed by atoms with Crippen molar-refractivity contribution in [1.82, 2.24) is 0 Å². The van der Waals surface area contributed by atoms with E-state index in [1.54, 1.807) is 11.3 Å². The van der Waals surface area contributed by atoms with Crippen LogP contribution in [0.5, 0.6) is 0 Å². The first-order chi connectivity index (χ1) is 8.66. The summed E-state index contributed by atoms with van der Waals surface area (Å²) in [6, 6.07) is 7.73. The summed E-state index contributed by atoms with van der Waals surface area (Å²) in [6.07, 6.45) is 0.681. The number of carbonyl (C=O) groups is 1. The molecule has 2 N–H and O–H groups in total. The van der Waals surface area contributed by atoms with Crippen LogP contribution in [0.1, 0.15) is 15.2 Å². The first kappa shape index (κ1) is 12.6. The SMILES string of the molecule is Nc1cc(C(=O)OCCc2cccs2)ccc1F. The Morgan fingerprint density at radius 3 is 2.89 bits per heavy atom. The quantitative estimate of drug-likeness (QED) is 0.683. The van der Waals surface area contributed by atoms with Gasteiger partial charge in [-0.25, -0.2) is 9.18 Å². The summed E-state index contributed by atoms with van der Waals surface area (Å²) in [5.41, 5.74) is 5.59. The Kier molecular flexibility index (Phi) is 3.94. The zero-order chi connectivity index (χ0) is 13.0. The van der Waals surface area contributed by atoms with Gasteiger partial charge in [-0.15, -0.1) is 11.3 Å². The molecule has 2 rings (SSSR count). The lowest BCUT2D eigenvalue weighted by molar-refractivity contribution is 0.0510. The topological polar surface area (TPSA) is 52.3 Å². The molecule has 2 aromatic rings. The number of nitrogen functional groups attached to an aromatic ring is 1. The van der Waals surface area contributed by atoms with Crippen molar-refractivity contribution < 1.29 is 13.9 Å². The highest BCUT2D eigenvalue weighted by Gasteiger charge is 2.09. The van der Waals surface area contributed by atoms with E-state index in [1.165, 1.54) is 12.1 Å². The molecule has 0 radical (unpaired) electrons. The second kappa shape index (κ2) is 5.64. The molecule has 0 aliphatic rings. The predicted octanol–water partition coefficient (Wildman–Crippen LogP) is 2.87. The maximum atomic E-state index is 12.9. The number of thiophene rings is 1. The van der Waals surface area contributed by atoms with Gasteiger partial charge in [0.15, 0.2) is 0 Å². The van der Waals surface area contributed by atoms with E-state index < -0.39 is 11.8 Å². The van der Waals surface area contributed by atoms with Gasteiger partial charge < -0.3 is 10.5 Å². The van der Waals surface area contributed by atoms with Gasteiger partial charge in [0.1, 0.15) is 5.82 Å². The van der Waals surface area contributed by atoms with Crippen molar-refractivity contribution in [2.75, 3.05) is 12.3 Å². The molecule has 0 saturated carbocycles. The Bertz CT molecular complexity index is 540. The maximum Gasteiger partial charge on any atom is 0.338 e. The third-order valence-corrected chi connectivity index (χ3v) is 3.33. The van der Waals surface area contributed by atoms with E-state index in [9.17, 15) is 9.18 Å². The third kappa shape index (κ3) is 3.07. The number of ether oxygens (including phenoxy) is 1. The Morgan fingerprint density at radius 2 is 2.22 bits per heavy atom. The van der Waals surface area contributed by atoms with Crippen LogP contribution in [-0.2, 0) is 11.2 Å². The van der Waals surface area contributed by atoms with Crippen molar-refractivity contribution in [3.8, 4) is 0 Å². The summed E-state index contributed by atoms with van der Waals surface area (Å²) in [5, 5.41) is 1.97. The summed E-state index contributed by atoms with van der Waals surface area (Å²) in [6.45, 7) is 0.302. The van der Waals surface area contributed by atoms with Crippen LogP contribution < -0.4 is 5.73 Å². The Balaban J connectivity index is 1.89. The fourth-order valence-electron chi connectivity index (χ4n) is 1.45. The van der Waals surface area contributed by atoms with Crippen molar-refractivity contribution in [1.29, 1.82) is 0 Å². The van der Waals surface area contributed by atoms with Crippen LogP contribution in [-0.4, -0.2) is 12.6 Å². The number of hydrogen-bond acceptors (Lipinski definition) is 4. The zero-order valence-electron chi connectivity index (χ0n) is 9.56. The van der Waals surface area contributed by atoms with Gasteiger partial charge in [-0.2, -0.15) is 0 Å². The van der Waals surface area contributed by atoms with Gasteiger partial charge in [0.05, 0.1) is 17.9 Å². The molecule has 0 aliphatic carbocycles. The average molecular weight is 265 g/mol. The second-order valence-electron chi connectivity index (χ2n) is 3.70. The summed E-state index contributed by atoms with van der Waals surface area (Å²) < 4.78 is 18.0. The van der Waals surface area contributed by atoms with Crippen molar-refractivity contribution >= 4 is 23.0 Å². The van der Waals surface area contributed by atoms with E-state index in [4.69, 9.17) is 10.5 Å². The van der Waals surface area contributed by atoms with Gasteiger partial charge in [0, 0.05) is 11.3 Å². The van der Waals surface area contributed by atoms with E-state index in [0.717, 1.165) is 10.9 Å². The molecule has 1 aromatic carbocycles. The van der Waals surface area contributed by atoms with Crippen molar-refractivity contribution in [2.45, 2.75) is 6.42 Å². The highest BCUT2D eigenvalue weighted by atomic mass is 32.1. The highest BCUT2D eigenvalue weighted by Crippen LogP contribution is 2.14. The van der Waals surface area contributed by atoms with E-state index in [-0.39, 0.29) is 11.3 Å². The summed E-state index contributed by atoms with van der Waals surface area (Å²) >= 11 is 1.61. The fraction of sp³-hybridized carbons (Fsp3) is 0.154. The van der Waals surface area contributed by atoms with E-state index in [1.807, 2.05) is 17.5 Å². The minimum atomic E-state index is -0.537. The lowest BCUT2D eigenvalue weighted by atomic mass is 10.2. The second-order valence-corrected chi connectivity index (χ2v) is 4.73. The van der Waals surface area contributed by atoms with Gasteiger partial charge in [-0.1, -0.05) is 6.07 Å². The molecule has 3 nitrogen and oxygen atoms in total. The first-order valence-corrected chi connectivity index (χ1v) is 6.29. The number of esters is 1. The number of nitrogens with two attached hydrogens (primary N) is 1. The van der Waals surface area contributed by atoms with Crippen LogP contribution in [0.15, 0.2) is 35.7 Å². The van der Waals surface area contributed by atoms with E-state index in [2.05, 4.69) is 0 Å². The van der Waals surface area contributed by atoms with Crippen LogP contribution in [0.25, 0.3) is 0 Å². The van der Waals surface area contributed by atoms with Crippen LogP contribution in [0.3, 0.4) is 0 Å². The van der Waals surface area contributed by atoms with Gasteiger partial charge in [-0.3, -0.25) is 0 Å². The molecule has 0 unspecified atom stereocenters. The number of carbonyl (C=O) groups excluding carboxylic acids is 1. The molecule has 0 saturated heterocycles. The predicted molar refractivity (Wildman–Crippen MR) is 69.1 cm³/mol. The Labute approximate surface area is 108 Å². The Morgan fingerprint density at radius 1 is 1.39 bits per heavy atom. The summed E-state index contributed by atoms with van der Waals surface area (Å²) in [5.74, 6) is -1.02. The van der Waals surface area contributed by atoms with Crippen LogP contribution >= 0.6 is 11.3 Å². The number of hydrogen-bond donors (Lipinski definition) is 1. The van der Waals surface area contributed by atoms with Gasteiger partial charge in [-0.05, 0) is 29.6 Å². The first-order valence-electron chi connectivity index (χ1n) is 5.41. The zero-order valence-corrected chi connectivity index (χ0v) is 10.4. The van der Waals surface area contributed by atoms with Crippen molar-refractivity contribution in [3.63, 3.8) is 0 Å². The molecule has 0 amide bonds. The van der Waals surface area contributed by atoms with Crippen molar-refractivity contribution in [3.05, 3.63) is 52.0 Å². The van der Waals surface area contributed by atoms with E-state index in [0.29, 0.717) is 13.0 Å². The molecule has 1 aromatic heterocycles. The monoisotopic (exact) mass is 265 g/mol. The minimum absolute atomic E-state index is 0.0530. The molecule has 5 heteroatoms. The molecule has 0 bridgehead atoms. The largest absolute Gasteiger partial charge is 0.462 e. The van der Waals surface area contributed by atoms with Gasteiger partial charge in [0.25, 0.3) is 0 Å². The van der Waals surface area contributed by atoms with Gasteiger partial charge in [0.2, 0.25) is 0 Å².